The predicted octanol–water partition coefficient (Wildman–Crippen LogP) is 5.98. The van der Waals surface area contributed by atoms with Crippen LogP contribution in [0.15, 0.2) is 70.9 Å². The van der Waals surface area contributed by atoms with Crippen molar-refractivity contribution in [2.75, 3.05) is 6.54 Å². The van der Waals surface area contributed by atoms with Crippen molar-refractivity contribution >= 4 is 27.3 Å². The van der Waals surface area contributed by atoms with E-state index in [1.165, 1.54) is 4.31 Å². The molecule has 3 rings (SSSR count). The zero-order valence-corrected chi connectivity index (χ0v) is 23.1. The highest BCUT2D eigenvalue weighted by molar-refractivity contribution is 7.89. The number of sulfonamides is 1. The molecule has 1 aromatic heterocycles. The zero-order chi connectivity index (χ0) is 25.8. The van der Waals surface area contributed by atoms with Crippen molar-refractivity contribution < 1.29 is 13.2 Å². The van der Waals surface area contributed by atoms with E-state index in [-0.39, 0.29) is 28.8 Å². The van der Waals surface area contributed by atoms with Gasteiger partial charge in [-0.3, -0.25) is 4.79 Å². The molecule has 2 aromatic carbocycles. The molecule has 0 fully saturated rings. The molecule has 5 nitrogen and oxygen atoms in total. The third-order valence-corrected chi connectivity index (χ3v) is 9.11. The number of hydrogen-bond donors (Lipinski definition) is 0. The van der Waals surface area contributed by atoms with Crippen LogP contribution in [0.1, 0.15) is 56.2 Å². The van der Waals surface area contributed by atoms with Gasteiger partial charge in [-0.1, -0.05) is 63.2 Å². The lowest BCUT2D eigenvalue weighted by atomic mass is 9.87. The van der Waals surface area contributed by atoms with Crippen molar-refractivity contribution in [2.45, 2.75) is 71.0 Å². The maximum Gasteiger partial charge on any atom is 0.243 e. The Labute approximate surface area is 214 Å². The van der Waals surface area contributed by atoms with Crippen LogP contribution >= 0.6 is 11.3 Å². The largest absolute Gasteiger partial charge is 0.332 e. The fraction of sp³-hybridized carbons (Fsp3) is 0.393. The number of thiophene rings is 1. The minimum absolute atomic E-state index is 0.0755. The molecule has 7 heteroatoms. The van der Waals surface area contributed by atoms with Crippen molar-refractivity contribution in [3.05, 3.63) is 87.6 Å². The first kappa shape index (κ1) is 27.1. The molecule has 0 N–H and O–H groups in total. The average Bonchev–Trinajstić information content (AvgIpc) is 3.21. The molecule has 0 spiro atoms. The Morgan fingerprint density at radius 2 is 1.57 bits per heavy atom. The number of rotatable bonds is 9. The van der Waals surface area contributed by atoms with Gasteiger partial charge in [0.2, 0.25) is 15.9 Å². The molecule has 3 aromatic rings. The van der Waals surface area contributed by atoms with E-state index >= 15 is 0 Å². The summed E-state index contributed by atoms with van der Waals surface area (Å²) in [6, 6.07) is 18.5. The minimum Gasteiger partial charge on any atom is -0.332 e. The zero-order valence-electron chi connectivity index (χ0n) is 21.5. The third kappa shape index (κ3) is 6.81. The molecule has 188 valence electrons. The standard InChI is InChI=1S/C28H36N2O3S2/c1-21(2)30(35(32,33)25-14-12-24(13-15-25)28(4,5)6)20-27(31)29(18-23-10-8-7-9-11-23)19-26-22(3)16-17-34-26/h7-17,21H,18-20H2,1-6H3. The summed E-state index contributed by atoms with van der Waals surface area (Å²) in [5.41, 5.74) is 3.12. The lowest BCUT2D eigenvalue weighted by Gasteiger charge is -2.30. The SMILES string of the molecule is Cc1ccsc1CN(Cc1ccccc1)C(=O)CN(C(C)C)S(=O)(=O)c1ccc(C(C)(C)C)cc1. The molecule has 0 aliphatic carbocycles. The molecule has 0 aliphatic heterocycles. The summed E-state index contributed by atoms with van der Waals surface area (Å²) in [5.74, 6) is -0.217. The summed E-state index contributed by atoms with van der Waals surface area (Å²) in [6.07, 6.45) is 0. The Hall–Kier alpha value is -2.48. The normalized spacial score (nSPS) is 12.3. The van der Waals surface area contributed by atoms with Gasteiger partial charge in [-0.2, -0.15) is 4.31 Å². The van der Waals surface area contributed by atoms with E-state index in [9.17, 15) is 13.2 Å². The monoisotopic (exact) mass is 512 g/mol. The maximum atomic E-state index is 13.6. The topological polar surface area (TPSA) is 57.7 Å². The number of benzene rings is 2. The summed E-state index contributed by atoms with van der Waals surface area (Å²) in [7, 11) is -3.85. The Bertz CT molecular complexity index is 1230. The average molecular weight is 513 g/mol. The van der Waals surface area contributed by atoms with Gasteiger partial charge in [-0.15, -0.1) is 11.3 Å². The summed E-state index contributed by atoms with van der Waals surface area (Å²) in [6.45, 7) is 12.6. The lowest BCUT2D eigenvalue weighted by molar-refractivity contribution is -0.132. The van der Waals surface area contributed by atoms with Crippen molar-refractivity contribution in [3.63, 3.8) is 0 Å². The molecule has 1 heterocycles. The molecule has 35 heavy (non-hydrogen) atoms. The Balaban J connectivity index is 1.88. The van der Waals surface area contributed by atoms with Gasteiger partial charge in [0.15, 0.2) is 0 Å². The quantitative estimate of drug-likeness (QED) is 0.354. The van der Waals surface area contributed by atoms with Crippen LogP contribution < -0.4 is 0 Å². The first-order valence-corrected chi connectivity index (χ1v) is 14.2. The van der Waals surface area contributed by atoms with Gasteiger partial charge >= 0.3 is 0 Å². The molecular weight excluding hydrogens is 476 g/mol. The lowest BCUT2D eigenvalue weighted by Crippen LogP contribution is -2.45. The van der Waals surface area contributed by atoms with Crippen LogP contribution in [0.3, 0.4) is 0 Å². The van der Waals surface area contributed by atoms with Crippen LogP contribution in [-0.4, -0.2) is 36.1 Å². The fourth-order valence-electron chi connectivity index (χ4n) is 3.82. The molecule has 0 atom stereocenters. The highest BCUT2D eigenvalue weighted by Crippen LogP contribution is 2.26. The number of aryl methyl sites for hydroxylation is 1. The van der Waals surface area contributed by atoms with E-state index < -0.39 is 10.0 Å². The Morgan fingerprint density at radius 1 is 0.943 bits per heavy atom. The summed E-state index contributed by atoms with van der Waals surface area (Å²) in [5, 5.41) is 2.02. The van der Waals surface area contributed by atoms with Crippen LogP contribution in [0.25, 0.3) is 0 Å². The minimum atomic E-state index is -3.85. The predicted molar refractivity (Wildman–Crippen MR) is 144 cm³/mol. The summed E-state index contributed by atoms with van der Waals surface area (Å²) in [4.78, 5) is 16.6. The van der Waals surface area contributed by atoms with Crippen molar-refractivity contribution in [1.82, 2.24) is 9.21 Å². The van der Waals surface area contributed by atoms with E-state index in [0.29, 0.717) is 13.1 Å². The van der Waals surface area contributed by atoms with Gasteiger partial charge in [0.25, 0.3) is 0 Å². The van der Waals surface area contributed by atoms with E-state index in [0.717, 1.165) is 21.6 Å². The third-order valence-electron chi connectivity index (χ3n) is 6.07. The fourth-order valence-corrected chi connectivity index (χ4v) is 6.32. The number of hydrogen-bond acceptors (Lipinski definition) is 4. The van der Waals surface area contributed by atoms with Crippen LogP contribution in [0.4, 0.5) is 0 Å². The van der Waals surface area contributed by atoms with Crippen molar-refractivity contribution in [1.29, 1.82) is 0 Å². The van der Waals surface area contributed by atoms with E-state index in [1.54, 1.807) is 42.2 Å². The van der Waals surface area contributed by atoms with Crippen LogP contribution in [-0.2, 0) is 33.3 Å². The van der Waals surface area contributed by atoms with Crippen LogP contribution in [0.5, 0.6) is 0 Å². The van der Waals surface area contributed by atoms with Crippen molar-refractivity contribution in [3.8, 4) is 0 Å². The molecule has 0 unspecified atom stereocenters. The van der Waals surface area contributed by atoms with Gasteiger partial charge in [0, 0.05) is 17.5 Å². The number of nitrogens with zero attached hydrogens (tertiary/aromatic N) is 2. The highest BCUT2D eigenvalue weighted by Gasteiger charge is 2.31. The van der Waals surface area contributed by atoms with Crippen LogP contribution in [0, 0.1) is 6.92 Å². The van der Waals surface area contributed by atoms with E-state index in [4.69, 9.17) is 0 Å². The van der Waals surface area contributed by atoms with Crippen molar-refractivity contribution in [2.24, 2.45) is 0 Å². The second-order valence-electron chi connectivity index (χ2n) is 10.2. The van der Waals surface area contributed by atoms with Gasteiger partial charge < -0.3 is 4.90 Å². The smallest absolute Gasteiger partial charge is 0.243 e. The number of carbonyl (C=O) groups is 1. The van der Waals surface area contributed by atoms with Gasteiger partial charge in [-0.25, -0.2) is 8.42 Å². The summed E-state index contributed by atoms with van der Waals surface area (Å²) >= 11 is 1.61. The molecule has 0 saturated carbocycles. The van der Waals surface area contributed by atoms with Gasteiger partial charge in [-0.05, 0) is 66.5 Å². The Morgan fingerprint density at radius 3 is 2.09 bits per heavy atom. The first-order chi connectivity index (χ1) is 16.4. The maximum absolute atomic E-state index is 13.6. The van der Waals surface area contributed by atoms with E-state index in [1.807, 2.05) is 60.8 Å². The highest BCUT2D eigenvalue weighted by atomic mass is 32.2. The molecule has 0 saturated heterocycles. The van der Waals surface area contributed by atoms with Crippen LogP contribution in [0.2, 0.25) is 0 Å². The molecular formula is C28H36N2O3S2. The molecule has 1 amide bonds. The molecule has 0 radical (unpaired) electrons. The van der Waals surface area contributed by atoms with Gasteiger partial charge in [0.1, 0.15) is 0 Å². The number of amides is 1. The first-order valence-electron chi connectivity index (χ1n) is 11.9. The second kappa shape index (κ2) is 11.1. The van der Waals surface area contributed by atoms with E-state index in [2.05, 4.69) is 20.8 Å². The molecule has 0 bridgehead atoms. The second-order valence-corrected chi connectivity index (χ2v) is 13.1. The number of carbonyl (C=O) groups excluding carboxylic acids is 1. The molecule has 0 aliphatic rings. The summed E-state index contributed by atoms with van der Waals surface area (Å²) < 4.78 is 28.5. The van der Waals surface area contributed by atoms with Gasteiger partial charge in [0.05, 0.1) is 18.0 Å². The Kier molecular flexibility index (Phi) is 8.57.